The SMILES string of the molecule is COc1ccc(S(=O)(=O)N(CC(=O)N(Cc2ccc(Cl)c(Cl)c2)[C@H](C)C(=O)NC2CCCC2)c2ccc(F)cc2)cc1. The van der Waals surface area contributed by atoms with E-state index in [-0.39, 0.29) is 34.1 Å². The number of carbonyl (C=O) groups excluding carboxylic acids is 2. The highest BCUT2D eigenvalue weighted by Crippen LogP contribution is 2.27. The van der Waals surface area contributed by atoms with Crippen LogP contribution < -0.4 is 14.4 Å². The van der Waals surface area contributed by atoms with E-state index in [9.17, 15) is 22.4 Å². The number of nitrogens with one attached hydrogen (secondary N) is 1. The average Bonchev–Trinajstić information content (AvgIpc) is 3.49. The van der Waals surface area contributed by atoms with Crippen molar-refractivity contribution in [3.05, 3.63) is 88.2 Å². The molecular formula is C30H32Cl2FN3O5S. The van der Waals surface area contributed by atoms with Gasteiger partial charge in [-0.25, -0.2) is 12.8 Å². The fourth-order valence-electron chi connectivity index (χ4n) is 4.82. The number of sulfonamides is 1. The standard InChI is InChI=1S/C30H32Cl2FN3O5S/c1-20(30(38)34-23-5-3-4-6-23)35(18-21-7-16-27(31)28(32)17-21)29(37)19-36(24-10-8-22(33)9-11-24)42(39,40)26-14-12-25(41-2)13-15-26/h7-17,20,23H,3-6,18-19H2,1-2H3,(H,34,38)/t20-/m1/s1. The van der Waals surface area contributed by atoms with Crippen molar-refractivity contribution in [1.82, 2.24) is 10.2 Å². The van der Waals surface area contributed by atoms with Crippen LogP contribution in [0.3, 0.4) is 0 Å². The lowest BCUT2D eigenvalue weighted by atomic mass is 10.1. The molecule has 12 heteroatoms. The summed E-state index contributed by atoms with van der Waals surface area (Å²) in [6.07, 6.45) is 3.75. The smallest absolute Gasteiger partial charge is 0.264 e. The number of amides is 2. The molecule has 0 saturated heterocycles. The van der Waals surface area contributed by atoms with Gasteiger partial charge < -0.3 is 15.0 Å². The number of benzene rings is 3. The van der Waals surface area contributed by atoms with Gasteiger partial charge in [0.25, 0.3) is 10.0 Å². The molecule has 1 fully saturated rings. The van der Waals surface area contributed by atoms with Gasteiger partial charge in [0.15, 0.2) is 0 Å². The lowest BCUT2D eigenvalue weighted by Crippen LogP contribution is -2.52. The van der Waals surface area contributed by atoms with Crippen molar-refractivity contribution in [3.63, 3.8) is 0 Å². The van der Waals surface area contributed by atoms with E-state index in [0.29, 0.717) is 16.3 Å². The van der Waals surface area contributed by atoms with Crippen LogP contribution in [0.4, 0.5) is 10.1 Å². The van der Waals surface area contributed by atoms with E-state index < -0.39 is 34.3 Å². The van der Waals surface area contributed by atoms with Gasteiger partial charge in [-0.1, -0.05) is 42.1 Å². The molecule has 2 amide bonds. The Morgan fingerprint density at radius 3 is 2.24 bits per heavy atom. The van der Waals surface area contributed by atoms with Gasteiger partial charge in [0.05, 0.1) is 27.7 Å². The van der Waals surface area contributed by atoms with Crippen LogP contribution in [0.5, 0.6) is 5.75 Å². The second-order valence-electron chi connectivity index (χ2n) is 10.1. The third kappa shape index (κ3) is 7.53. The Bertz CT molecular complexity index is 1510. The molecule has 0 radical (unpaired) electrons. The highest BCUT2D eigenvalue weighted by molar-refractivity contribution is 7.92. The average molecular weight is 637 g/mol. The first-order valence-corrected chi connectivity index (χ1v) is 15.7. The summed E-state index contributed by atoms with van der Waals surface area (Å²) < 4.78 is 47.5. The minimum Gasteiger partial charge on any atom is -0.497 e. The van der Waals surface area contributed by atoms with Gasteiger partial charge in [0.1, 0.15) is 24.2 Å². The number of hydrogen-bond donors (Lipinski definition) is 1. The van der Waals surface area contributed by atoms with Crippen molar-refractivity contribution in [1.29, 1.82) is 0 Å². The number of anilines is 1. The van der Waals surface area contributed by atoms with Crippen molar-refractivity contribution < 1.29 is 27.1 Å². The first-order chi connectivity index (χ1) is 20.0. The second kappa shape index (κ2) is 13.8. The summed E-state index contributed by atoms with van der Waals surface area (Å²) in [7, 11) is -2.84. The number of methoxy groups -OCH3 is 1. The predicted octanol–water partition coefficient (Wildman–Crippen LogP) is 5.81. The topological polar surface area (TPSA) is 96.0 Å². The van der Waals surface area contributed by atoms with Crippen LogP contribution in [0.2, 0.25) is 10.0 Å². The first-order valence-electron chi connectivity index (χ1n) is 13.5. The van der Waals surface area contributed by atoms with Crippen LogP contribution in [0.15, 0.2) is 71.6 Å². The molecule has 0 spiro atoms. The second-order valence-corrected chi connectivity index (χ2v) is 12.8. The molecule has 3 aromatic rings. The van der Waals surface area contributed by atoms with Crippen LogP contribution in [-0.4, -0.2) is 50.9 Å². The van der Waals surface area contributed by atoms with E-state index in [2.05, 4.69) is 5.32 Å². The summed E-state index contributed by atoms with van der Waals surface area (Å²) in [5.41, 5.74) is 0.683. The van der Waals surface area contributed by atoms with Crippen molar-refractivity contribution in [3.8, 4) is 5.75 Å². The molecule has 0 aliphatic heterocycles. The van der Waals surface area contributed by atoms with Crippen LogP contribution in [0.1, 0.15) is 38.2 Å². The third-order valence-electron chi connectivity index (χ3n) is 7.25. The number of rotatable bonds is 11. The maximum atomic E-state index is 14.0. The summed E-state index contributed by atoms with van der Waals surface area (Å²) in [5, 5.41) is 3.62. The number of nitrogens with zero attached hydrogens (tertiary/aromatic N) is 2. The van der Waals surface area contributed by atoms with Crippen LogP contribution in [0.25, 0.3) is 0 Å². The zero-order valence-electron chi connectivity index (χ0n) is 23.2. The normalized spacial score (nSPS) is 14.3. The Morgan fingerprint density at radius 2 is 1.64 bits per heavy atom. The van der Waals surface area contributed by atoms with E-state index in [4.69, 9.17) is 27.9 Å². The summed E-state index contributed by atoms with van der Waals surface area (Å²) in [4.78, 5) is 28.5. The number of ether oxygens (including phenoxy) is 1. The molecule has 1 aliphatic rings. The van der Waals surface area contributed by atoms with Gasteiger partial charge >= 0.3 is 0 Å². The number of carbonyl (C=O) groups is 2. The van der Waals surface area contributed by atoms with E-state index in [1.54, 1.807) is 25.1 Å². The van der Waals surface area contributed by atoms with Crippen molar-refractivity contribution >= 4 is 50.7 Å². The molecule has 0 bridgehead atoms. The lowest BCUT2D eigenvalue weighted by molar-refractivity contribution is -0.139. The van der Waals surface area contributed by atoms with Gasteiger partial charge in [-0.15, -0.1) is 0 Å². The Kier molecular flexibility index (Phi) is 10.3. The fourth-order valence-corrected chi connectivity index (χ4v) is 6.56. The van der Waals surface area contributed by atoms with Crippen LogP contribution >= 0.6 is 23.2 Å². The van der Waals surface area contributed by atoms with Crippen LogP contribution in [0, 0.1) is 5.82 Å². The quantitative estimate of drug-likeness (QED) is 0.287. The Balaban J connectivity index is 1.69. The molecule has 8 nitrogen and oxygen atoms in total. The summed E-state index contributed by atoms with van der Waals surface area (Å²) in [5.74, 6) is -1.10. The highest BCUT2D eigenvalue weighted by atomic mass is 35.5. The zero-order valence-corrected chi connectivity index (χ0v) is 25.6. The van der Waals surface area contributed by atoms with Crippen LogP contribution in [-0.2, 0) is 26.2 Å². The summed E-state index contributed by atoms with van der Waals surface area (Å²) in [6, 6.07) is 14.4. The minimum absolute atomic E-state index is 0.0213. The molecule has 224 valence electrons. The fraction of sp³-hybridized carbons (Fsp3) is 0.333. The van der Waals surface area contributed by atoms with Gasteiger partial charge in [0.2, 0.25) is 11.8 Å². The number of halogens is 3. The molecule has 0 aromatic heterocycles. The van der Waals surface area contributed by atoms with E-state index in [1.807, 2.05) is 0 Å². The Morgan fingerprint density at radius 1 is 1.00 bits per heavy atom. The molecule has 1 saturated carbocycles. The first kappa shape index (κ1) is 31.6. The van der Waals surface area contributed by atoms with Gasteiger partial charge in [-0.05, 0) is 86.0 Å². The highest BCUT2D eigenvalue weighted by Gasteiger charge is 2.33. The van der Waals surface area contributed by atoms with E-state index in [0.717, 1.165) is 42.1 Å². The van der Waals surface area contributed by atoms with Gasteiger partial charge in [-0.2, -0.15) is 0 Å². The summed E-state index contributed by atoms with van der Waals surface area (Å²) >= 11 is 12.3. The molecule has 1 N–H and O–H groups in total. The molecule has 0 heterocycles. The molecule has 4 rings (SSSR count). The van der Waals surface area contributed by atoms with Crippen molar-refractivity contribution in [2.45, 2.75) is 56.1 Å². The molecule has 3 aromatic carbocycles. The Labute approximate surface area is 255 Å². The van der Waals surface area contributed by atoms with Gasteiger partial charge in [-0.3, -0.25) is 13.9 Å². The minimum atomic E-state index is -4.30. The monoisotopic (exact) mass is 635 g/mol. The molecule has 1 aliphatic carbocycles. The van der Waals surface area contributed by atoms with Gasteiger partial charge in [0, 0.05) is 12.6 Å². The predicted molar refractivity (Wildman–Crippen MR) is 161 cm³/mol. The Hall–Kier alpha value is -3.34. The van der Waals surface area contributed by atoms with Crippen molar-refractivity contribution in [2.75, 3.05) is 18.0 Å². The van der Waals surface area contributed by atoms with Crippen molar-refractivity contribution in [2.24, 2.45) is 0 Å². The summed E-state index contributed by atoms with van der Waals surface area (Å²) in [6.45, 7) is 0.914. The molecular weight excluding hydrogens is 604 g/mol. The maximum absolute atomic E-state index is 14.0. The molecule has 1 atom stereocenters. The molecule has 0 unspecified atom stereocenters. The number of hydrogen-bond acceptors (Lipinski definition) is 5. The largest absolute Gasteiger partial charge is 0.497 e. The van der Waals surface area contributed by atoms with E-state index >= 15 is 0 Å². The molecule has 42 heavy (non-hydrogen) atoms. The lowest BCUT2D eigenvalue weighted by Gasteiger charge is -2.32. The third-order valence-corrected chi connectivity index (χ3v) is 9.77. The van der Waals surface area contributed by atoms with E-state index in [1.165, 1.54) is 48.4 Å². The maximum Gasteiger partial charge on any atom is 0.264 e. The zero-order chi connectivity index (χ0) is 30.4.